The van der Waals surface area contributed by atoms with Gasteiger partial charge in [-0.2, -0.15) is 0 Å². The minimum atomic E-state index is 0.415. The van der Waals surface area contributed by atoms with Crippen LogP contribution in [0.5, 0.6) is 0 Å². The molecule has 1 atom stereocenters. The normalized spacial score (nSPS) is 18.5. The molecule has 0 aliphatic carbocycles. The first-order valence-corrected chi connectivity index (χ1v) is 6.68. The van der Waals surface area contributed by atoms with E-state index >= 15 is 0 Å². The van der Waals surface area contributed by atoms with Crippen molar-refractivity contribution in [2.75, 3.05) is 13.1 Å². The molecule has 1 saturated heterocycles. The van der Waals surface area contributed by atoms with Crippen LogP contribution in [0.4, 0.5) is 0 Å². The zero-order valence-electron chi connectivity index (χ0n) is 11.0. The van der Waals surface area contributed by atoms with E-state index in [4.69, 9.17) is 0 Å². The van der Waals surface area contributed by atoms with Crippen molar-refractivity contribution in [3.05, 3.63) is 48.0 Å². The standard InChI is InChI=1S/C16H23N/c1-13(2)14(3)16(17-11-7-8-12-17)15-9-5-4-6-10-15/h4-6,9-10,13,16H,3,7-8,11-12H2,1-2H3. The highest BCUT2D eigenvalue weighted by atomic mass is 15.2. The summed E-state index contributed by atoms with van der Waals surface area (Å²) in [4.78, 5) is 2.58. The predicted octanol–water partition coefficient (Wildman–Crippen LogP) is 4.04. The summed E-state index contributed by atoms with van der Waals surface area (Å²) in [5, 5.41) is 0. The molecule has 1 aromatic carbocycles. The van der Waals surface area contributed by atoms with Crippen molar-refractivity contribution in [2.24, 2.45) is 5.92 Å². The lowest BCUT2D eigenvalue weighted by Gasteiger charge is -2.31. The number of likely N-dealkylation sites (tertiary alicyclic amines) is 1. The minimum absolute atomic E-state index is 0.415. The Hall–Kier alpha value is -1.08. The van der Waals surface area contributed by atoms with Gasteiger partial charge in [0, 0.05) is 0 Å². The summed E-state index contributed by atoms with van der Waals surface area (Å²) < 4.78 is 0. The summed E-state index contributed by atoms with van der Waals surface area (Å²) in [6.45, 7) is 11.2. The third kappa shape index (κ3) is 2.78. The van der Waals surface area contributed by atoms with Crippen LogP contribution in [0.1, 0.15) is 38.3 Å². The molecule has 17 heavy (non-hydrogen) atoms. The van der Waals surface area contributed by atoms with Crippen molar-refractivity contribution < 1.29 is 0 Å². The molecule has 1 aromatic rings. The maximum Gasteiger partial charge on any atom is 0.0561 e. The second-order valence-corrected chi connectivity index (χ2v) is 5.29. The van der Waals surface area contributed by atoms with Crippen molar-refractivity contribution >= 4 is 0 Å². The predicted molar refractivity (Wildman–Crippen MR) is 74.0 cm³/mol. The van der Waals surface area contributed by atoms with Gasteiger partial charge in [0.05, 0.1) is 6.04 Å². The molecular weight excluding hydrogens is 206 g/mol. The quantitative estimate of drug-likeness (QED) is 0.704. The van der Waals surface area contributed by atoms with E-state index in [9.17, 15) is 0 Å². The Kier molecular flexibility index (Phi) is 4.01. The van der Waals surface area contributed by atoms with Crippen LogP contribution in [0.15, 0.2) is 42.5 Å². The first-order chi connectivity index (χ1) is 8.20. The van der Waals surface area contributed by atoms with Crippen molar-refractivity contribution in [1.82, 2.24) is 4.90 Å². The van der Waals surface area contributed by atoms with Crippen molar-refractivity contribution in [1.29, 1.82) is 0 Å². The van der Waals surface area contributed by atoms with Crippen LogP contribution in [0.25, 0.3) is 0 Å². The highest BCUT2D eigenvalue weighted by molar-refractivity contribution is 5.28. The van der Waals surface area contributed by atoms with Gasteiger partial charge in [0.25, 0.3) is 0 Å². The second-order valence-electron chi connectivity index (χ2n) is 5.29. The van der Waals surface area contributed by atoms with Gasteiger partial charge in [-0.25, -0.2) is 0 Å². The number of hydrogen-bond acceptors (Lipinski definition) is 1. The molecular formula is C16H23N. The van der Waals surface area contributed by atoms with Crippen molar-refractivity contribution in [3.63, 3.8) is 0 Å². The van der Waals surface area contributed by atoms with Gasteiger partial charge in [0.1, 0.15) is 0 Å². The van der Waals surface area contributed by atoms with Gasteiger partial charge in [-0.3, -0.25) is 4.90 Å². The topological polar surface area (TPSA) is 3.24 Å². The average molecular weight is 229 g/mol. The van der Waals surface area contributed by atoms with Crippen LogP contribution in [-0.4, -0.2) is 18.0 Å². The molecule has 1 heterocycles. The summed E-state index contributed by atoms with van der Waals surface area (Å²) >= 11 is 0. The molecule has 2 rings (SSSR count). The summed E-state index contributed by atoms with van der Waals surface area (Å²) in [7, 11) is 0. The zero-order chi connectivity index (χ0) is 12.3. The molecule has 92 valence electrons. The largest absolute Gasteiger partial charge is 0.293 e. The van der Waals surface area contributed by atoms with E-state index in [-0.39, 0.29) is 0 Å². The lowest BCUT2D eigenvalue weighted by Crippen LogP contribution is -2.28. The Morgan fingerprint density at radius 3 is 2.24 bits per heavy atom. The molecule has 1 unspecified atom stereocenters. The molecule has 0 saturated carbocycles. The van der Waals surface area contributed by atoms with Gasteiger partial charge in [-0.05, 0) is 37.4 Å². The fourth-order valence-corrected chi connectivity index (χ4v) is 2.61. The zero-order valence-corrected chi connectivity index (χ0v) is 11.0. The molecule has 0 amide bonds. The first-order valence-electron chi connectivity index (χ1n) is 6.68. The minimum Gasteiger partial charge on any atom is -0.293 e. The van der Waals surface area contributed by atoms with Crippen molar-refractivity contribution in [3.8, 4) is 0 Å². The van der Waals surface area contributed by atoms with Crippen LogP contribution in [0.3, 0.4) is 0 Å². The Labute approximate surface area is 105 Å². The third-order valence-electron chi connectivity index (χ3n) is 3.71. The van der Waals surface area contributed by atoms with E-state index in [1.807, 2.05) is 0 Å². The highest BCUT2D eigenvalue weighted by Crippen LogP contribution is 2.33. The molecule has 0 N–H and O–H groups in total. The summed E-state index contributed by atoms with van der Waals surface area (Å²) in [5.41, 5.74) is 2.74. The Morgan fingerprint density at radius 2 is 1.71 bits per heavy atom. The molecule has 0 bridgehead atoms. The van der Waals surface area contributed by atoms with E-state index < -0.39 is 0 Å². The molecule has 1 fully saturated rings. The molecule has 1 aliphatic rings. The molecule has 1 nitrogen and oxygen atoms in total. The molecule has 0 radical (unpaired) electrons. The van der Waals surface area contributed by atoms with E-state index in [0.717, 1.165) is 0 Å². The summed E-state index contributed by atoms with van der Waals surface area (Å²) in [6, 6.07) is 11.2. The number of rotatable bonds is 4. The van der Waals surface area contributed by atoms with Gasteiger partial charge in [-0.15, -0.1) is 0 Å². The van der Waals surface area contributed by atoms with Crippen LogP contribution in [0.2, 0.25) is 0 Å². The first kappa shape index (κ1) is 12.4. The maximum atomic E-state index is 4.33. The summed E-state index contributed by atoms with van der Waals surface area (Å²) in [5.74, 6) is 0.542. The smallest absolute Gasteiger partial charge is 0.0561 e. The van der Waals surface area contributed by atoms with Gasteiger partial charge in [0.2, 0.25) is 0 Å². The Bertz CT molecular complexity index is 360. The fourth-order valence-electron chi connectivity index (χ4n) is 2.61. The van der Waals surface area contributed by atoms with Crippen molar-refractivity contribution in [2.45, 2.75) is 32.7 Å². The SMILES string of the molecule is C=C(C(C)C)C(c1ccccc1)N1CCCC1. The maximum absolute atomic E-state index is 4.33. The fraction of sp³-hybridized carbons (Fsp3) is 0.500. The van der Waals surface area contributed by atoms with Crippen LogP contribution in [-0.2, 0) is 0 Å². The number of hydrogen-bond donors (Lipinski definition) is 0. The van der Waals surface area contributed by atoms with E-state index in [2.05, 4.69) is 55.7 Å². The van der Waals surface area contributed by atoms with Gasteiger partial charge in [0.15, 0.2) is 0 Å². The summed E-state index contributed by atoms with van der Waals surface area (Å²) in [6.07, 6.45) is 2.66. The molecule has 0 spiro atoms. The van der Waals surface area contributed by atoms with Gasteiger partial charge >= 0.3 is 0 Å². The van der Waals surface area contributed by atoms with Gasteiger partial charge in [-0.1, -0.05) is 56.3 Å². The van der Waals surface area contributed by atoms with Gasteiger partial charge < -0.3 is 0 Å². The average Bonchev–Trinajstić information content (AvgIpc) is 2.84. The van der Waals surface area contributed by atoms with E-state index in [1.54, 1.807) is 0 Å². The molecule has 1 aliphatic heterocycles. The highest BCUT2D eigenvalue weighted by Gasteiger charge is 2.26. The van der Waals surface area contributed by atoms with Crippen LogP contribution >= 0.6 is 0 Å². The van der Waals surface area contributed by atoms with Crippen LogP contribution < -0.4 is 0 Å². The number of nitrogens with zero attached hydrogens (tertiary/aromatic N) is 1. The Morgan fingerprint density at radius 1 is 1.12 bits per heavy atom. The van der Waals surface area contributed by atoms with E-state index in [0.29, 0.717) is 12.0 Å². The molecule has 1 heteroatoms. The monoisotopic (exact) mass is 229 g/mol. The molecule has 0 aromatic heterocycles. The van der Waals surface area contributed by atoms with Crippen LogP contribution in [0, 0.1) is 5.92 Å². The second kappa shape index (κ2) is 5.50. The number of benzene rings is 1. The van der Waals surface area contributed by atoms with E-state index in [1.165, 1.54) is 37.1 Å². The third-order valence-corrected chi connectivity index (χ3v) is 3.71. The Balaban J connectivity index is 2.27. The lowest BCUT2D eigenvalue weighted by molar-refractivity contribution is 0.266. The lowest BCUT2D eigenvalue weighted by atomic mass is 9.91.